The quantitative estimate of drug-likeness (QED) is 0.824. The summed E-state index contributed by atoms with van der Waals surface area (Å²) in [5.41, 5.74) is 0.980. The first kappa shape index (κ1) is 14.7. The summed E-state index contributed by atoms with van der Waals surface area (Å²) in [7, 11) is -2.39. The summed E-state index contributed by atoms with van der Waals surface area (Å²) < 4.78 is 25.1. The summed E-state index contributed by atoms with van der Waals surface area (Å²) >= 11 is 0. The molecule has 0 aliphatic rings. The lowest BCUT2D eigenvalue weighted by Gasteiger charge is -2.17. The number of unbranched alkanes of at least 4 members (excludes halogenated alkanes) is 1. The van der Waals surface area contributed by atoms with Gasteiger partial charge in [-0.15, -0.1) is 0 Å². The van der Waals surface area contributed by atoms with Crippen molar-refractivity contribution in [3.05, 3.63) is 29.8 Å². The van der Waals surface area contributed by atoms with E-state index in [1.165, 1.54) is 19.2 Å². The van der Waals surface area contributed by atoms with E-state index in [-0.39, 0.29) is 17.2 Å². The van der Waals surface area contributed by atoms with Gasteiger partial charge in [0.15, 0.2) is 0 Å². The number of carbonyl (C=O) groups is 1. The van der Waals surface area contributed by atoms with Crippen molar-refractivity contribution < 1.29 is 13.2 Å². The molecular weight excluding hydrogens is 250 g/mol. The van der Waals surface area contributed by atoms with Crippen molar-refractivity contribution in [2.75, 3.05) is 7.05 Å². The second-order valence-electron chi connectivity index (χ2n) is 4.28. The standard InChI is InChI=1S/C13H19NO3S/c1-4-5-6-13(15)14(3)18(16,17)12-9-7-11(2)8-10-12/h7-10H,4-6H2,1-3H3. The molecule has 0 spiro atoms. The average Bonchev–Trinajstić information content (AvgIpc) is 2.35. The molecule has 0 aromatic heterocycles. The van der Waals surface area contributed by atoms with Crippen molar-refractivity contribution in [3.63, 3.8) is 0 Å². The van der Waals surface area contributed by atoms with E-state index in [0.29, 0.717) is 6.42 Å². The molecule has 0 N–H and O–H groups in total. The fraction of sp³-hybridized carbons (Fsp3) is 0.462. The second kappa shape index (κ2) is 6.00. The molecule has 1 aromatic carbocycles. The number of hydrogen-bond acceptors (Lipinski definition) is 3. The van der Waals surface area contributed by atoms with E-state index in [2.05, 4.69) is 0 Å². The molecule has 0 radical (unpaired) electrons. The van der Waals surface area contributed by atoms with Crippen molar-refractivity contribution in [1.82, 2.24) is 4.31 Å². The molecule has 1 amide bonds. The van der Waals surface area contributed by atoms with Crippen LogP contribution >= 0.6 is 0 Å². The van der Waals surface area contributed by atoms with E-state index in [1.807, 2.05) is 13.8 Å². The zero-order valence-electron chi connectivity index (χ0n) is 11.0. The minimum absolute atomic E-state index is 0.153. The van der Waals surface area contributed by atoms with Crippen LogP contribution in [0.25, 0.3) is 0 Å². The Balaban J connectivity index is 2.92. The molecule has 0 heterocycles. The van der Waals surface area contributed by atoms with Crippen LogP contribution in [-0.4, -0.2) is 25.7 Å². The van der Waals surface area contributed by atoms with Gasteiger partial charge in [0.2, 0.25) is 5.91 Å². The SMILES string of the molecule is CCCCC(=O)N(C)S(=O)(=O)c1ccc(C)cc1. The number of sulfonamides is 1. The molecule has 0 saturated carbocycles. The van der Waals surface area contributed by atoms with Gasteiger partial charge >= 0.3 is 0 Å². The highest BCUT2D eigenvalue weighted by Crippen LogP contribution is 2.16. The molecule has 1 rings (SSSR count). The van der Waals surface area contributed by atoms with Crippen molar-refractivity contribution in [2.24, 2.45) is 0 Å². The summed E-state index contributed by atoms with van der Waals surface area (Å²) in [5, 5.41) is 0. The third kappa shape index (κ3) is 3.32. The molecular formula is C13H19NO3S. The summed E-state index contributed by atoms with van der Waals surface area (Å²) in [6.07, 6.45) is 1.83. The normalized spacial score (nSPS) is 11.3. The molecule has 5 heteroatoms. The van der Waals surface area contributed by atoms with E-state index in [1.54, 1.807) is 12.1 Å². The molecule has 0 atom stereocenters. The van der Waals surface area contributed by atoms with Crippen LogP contribution < -0.4 is 0 Å². The van der Waals surface area contributed by atoms with Gasteiger partial charge < -0.3 is 0 Å². The summed E-state index contributed by atoms with van der Waals surface area (Å²) in [5.74, 6) is -0.363. The van der Waals surface area contributed by atoms with Crippen molar-refractivity contribution in [2.45, 2.75) is 38.0 Å². The lowest BCUT2D eigenvalue weighted by molar-refractivity contribution is -0.125. The van der Waals surface area contributed by atoms with Crippen molar-refractivity contribution >= 4 is 15.9 Å². The van der Waals surface area contributed by atoms with E-state index in [9.17, 15) is 13.2 Å². The molecule has 100 valence electrons. The molecule has 4 nitrogen and oxygen atoms in total. The monoisotopic (exact) mass is 269 g/mol. The average molecular weight is 269 g/mol. The number of aryl methyl sites for hydroxylation is 1. The van der Waals surface area contributed by atoms with Gasteiger partial charge in [0, 0.05) is 13.5 Å². The highest BCUT2D eigenvalue weighted by Gasteiger charge is 2.24. The van der Waals surface area contributed by atoms with Gasteiger partial charge in [0.25, 0.3) is 10.0 Å². The molecule has 0 bridgehead atoms. The number of rotatable bonds is 5. The summed E-state index contributed by atoms with van der Waals surface area (Å²) in [6.45, 7) is 3.84. The Bertz CT molecular complexity index is 506. The van der Waals surface area contributed by atoms with Crippen LogP contribution in [0.4, 0.5) is 0 Å². The minimum atomic E-state index is -3.70. The van der Waals surface area contributed by atoms with Crippen molar-refractivity contribution in [3.8, 4) is 0 Å². The zero-order valence-corrected chi connectivity index (χ0v) is 11.8. The van der Waals surface area contributed by atoms with Crippen LogP contribution in [0.5, 0.6) is 0 Å². The predicted octanol–water partition coefficient (Wildman–Crippen LogP) is 2.33. The van der Waals surface area contributed by atoms with Crippen molar-refractivity contribution in [1.29, 1.82) is 0 Å². The molecule has 0 aliphatic carbocycles. The van der Waals surface area contributed by atoms with Crippen LogP contribution in [0.3, 0.4) is 0 Å². The van der Waals surface area contributed by atoms with Gasteiger partial charge in [0.05, 0.1) is 4.90 Å². The van der Waals surface area contributed by atoms with E-state index in [4.69, 9.17) is 0 Å². The number of carbonyl (C=O) groups excluding carboxylic acids is 1. The summed E-state index contributed by atoms with van der Waals surface area (Å²) in [6, 6.07) is 6.48. The Kier molecular flexibility index (Phi) is 4.90. The fourth-order valence-electron chi connectivity index (χ4n) is 1.49. The minimum Gasteiger partial charge on any atom is -0.274 e. The van der Waals surface area contributed by atoms with Gasteiger partial charge in [-0.05, 0) is 25.5 Å². The van der Waals surface area contributed by atoms with E-state index < -0.39 is 10.0 Å². The molecule has 0 saturated heterocycles. The highest BCUT2D eigenvalue weighted by molar-refractivity contribution is 7.89. The van der Waals surface area contributed by atoms with Gasteiger partial charge in [-0.1, -0.05) is 31.0 Å². The Hall–Kier alpha value is -1.36. The van der Waals surface area contributed by atoms with Gasteiger partial charge in [-0.2, -0.15) is 0 Å². The Morgan fingerprint density at radius 3 is 2.28 bits per heavy atom. The molecule has 18 heavy (non-hydrogen) atoms. The van der Waals surface area contributed by atoms with Gasteiger partial charge in [-0.3, -0.25) is 4.79 Å². The molecule has 1 aromatic rings. The summed E-state index contributed by atoms with van der Waals surface area (Å²) in [4.78, 5) is 11.9. The Morgan fingerprint density at radius 2 is 1.78 bits per heavy atom. The van der Waals surface area contributed by atoms with E-state index in [0.717, 1.165) is 16.3 Å². The maximum absolute atomic E-state index is 12.2. The number of nitrogens with zero attached hydrogens (tertiary/aromatic N) is 1. The smallest absolute Gasteiger partial charge is 0.266 e. The fourth-order valence-corrected chi connectivity index (χ4v) is 2.64. The largest absolute Gasteiger partial charge is 0.274 e. The Morgan fingerprint density at radius 1 is 1.22 bits per heavy atom. The highest BCUT2D eigenvalue weighted by atomic mass is 32.2. The number of hydrogen-bond donors (Lipinski definition) is 0. The lowest BCUT2D eigenvalue weighted by atomic mass is 10.2. The number of amides is 1. The zero-order chi connectivity index (χ0) is 13.8. The third-order valence-electron chi connectivity index (χ3n) is 2.77. The lowest BCUT2D eigenvalue weighted by Crippen LogP contribution is -2.33. The first-order valence-electron chi connectivity index (χ1n) is 5.98. The number of benzene rings is 1. The third-order valence-corrected chi connectivity index (χ3v) is 4.57. The molecule has 0 aliphatic heterocycles. The van der Waals surface area contributed by atoms with Crippen LogP contribution in [0.15, 0.2) is 29.2 Å². The molecule has 0 fully saturated rings. The van der Waals surface area contributed by atoms with Gasteiger partial charge in [0.1, 0.15) is 0 Å². The topological polar surface area (TPSA) is 54.5 Å². The van der Waals surface area contributed by atoms with Gasteiger partial charge in [-0.25, -0.2) is 12.7 Å². The second-order valence-corrected chi connectivity index (χ2v) is 6.25. The Labute approximate surface area is 109 Å². The van der Waals surface area contributed by atoms with Crippen LogP contribution in [-0.2, 0) is 14.8 Å². The first-order valence-corrected chi connectivity index (χ1v) is 7.42. The maximum atomic E-state index is 12.2. The van der Waals surface area contributed by atoms with Crippen LogP contribution in [0.2, 0.25) is 0 Å². The van der Waals surface area contributed by atoms with Crippen LogP contribution in [0.1, 0.15) is 31.7 Å². The van der Waals surface area contributed by atoms with E-state index >= 15 is 0 Å². The van der Waals surface area contributed by atoms with Crippen LogP contribution in [0, 0.1) is 6.92 Å². The molecule has 0 unspecified atom stereocenters. The predicted molar refractivity (Wildman–Crippen MR) is 70.7 cm³/mol. The first-order chi connectivity index (χ1) is 8.39. The maximum Gasteiger partial charge on any atom is 0.266 e.